The first-order valence-corrected chi connectivity index (χ1v) is 7.71. The summed E-state index contributed by atoms with van der Waals surface area (Å²) in [7, 11) is -3.67. The average molecular weight is 344 g/mol. The molecule has 5 N–H and O–H groups in total. The number of hydrogen-bond acceptors (Lipinski definition) is 6. The maximum atomic E-state index is 9.73. The van der Waals surface area contributed by atoms with E-state index in [1.165, 1.54) is 12.1 Å². The Bertz CT molecular complexity index is 512. The normalized spacial score (nSPS) is 12.1. The van der Waals surface area contributed by atoms with Crippen molar-refractivity contribution in [3.8, 4) is 11.5 Å². The Morgan fingerprint density at radius 2 is 1.67 bits per heavy atom. The van der Waals surface area contributed by atoms with Crippen molar-refractivity contribution in [3.05, 3.63) is 23.8 Å². The molecule has 21 heavy (non-hydrogen) atoms. The number of aliphatic hydroxyl groups is 1. The second kappa shape index (κ2) is 9.80. The van der Waals surface area contributed by atoms with Gasteiger partial charge in [0, 0.05) is 12.6 Å². The lowest BCUT2D eigenvalue weighted by Gasteiger charge is -2.14. The van der Waals surface area contributed by atoms with Crippen molar-refractivity contribution in [3.63, 3.8) is 0 Å². The molecule has 1 atom stereocenters. The van der Waals surface area contributed by atoms with Gasteiger partial charge in [0.1, 0.15) is 0 Å². The molecule has 1 aromatic carbocycles. The minimum atomic E-state index is -3.67. The first-order valence-electron chi connectivity index (χ1n) is 5.86. The molecule has 0 heterocycles. The van der Waals surface area contributed by atoms with Gasteiger partial charge in [-0.2, -0.15) is 8.42 Å². The van der Waals surface area contributed by atoms with Crippen LogP contribution in [-0.2, 0) is 10.1 Å². The lowest BCUT2D eigenvalue weighted by molar-refractivity contribution is 0.171. The van der Waals surface area contributed by atoms with Gasteiger partial charge in [0.15, 0.2) is 11.5 Å². The standard InChI is InChI=1S/C11H17NO3.CH4O3S.ClH/c1-7(2)12-6-11(15)8-3-4-9(13)10(14)5-8;1-5(2,3)4;/h3-5,7,11-15H,6H2,1-2H3;1H3,(H,2,3,4);1H. The van der Waals surface area contributed by atoms with E-state index in [9.17, 15) is 18.6 Å². The highest BCUT2D eigenvalue weighted by molar-refractivity contribution is 7.85. The number of aromatic hydroxyl groups is 2. The van der Waals surface area contributed by atoms with Crippen LogP contribution in [0.3, 0.4) is 0 Å². The number of nitrogens with one attached hydrogen (secondary N) is 1. The maximum absolute atomic E-state index is 9.73. The molecule has 0 amide bonds. The van der Waals surface area contributed by atoms with Gasteiger partial charge < -0.3 is 20.6 Å². The summed E-state index contributed by atoms with van der Waals surface area (Å²) >= 11 is 0. The lowest BCUT2D eigenvalue weighted by atomic mass is 10.1. The number of phenolic OH excluding ortho intramolecular Hbond substituents is 2. The van der Waals surface area contributed by atoms with E-state index >= 15 is 0 Å². The highest BCUT2D eigenvalue weighted by Gasteiger charge is 2.10. The minimum absolute atomic E-state index is 0. The van der Waals surface area contributed by atoms with E-state index in [1.807, 2.05) is 13.8 Å². The molecule has 0 radical (unpaired) electrons. The molecule has 0 aliphatic heterocycles. The van der Waals surface area contributed by atoms with Crippen molar-refractivity contribution < 1.29 is 28.3 Å². The van der Waals surface area contributed by atoms with Crippen LogP contribution in [0.1, 0.15) is 25.5 Å². The quantitative estimate of drug-likeness (QED) is 0.408. The molecular formula is C12H22ClNO6S. The van der Waals surface area contributed by atoms with E-state index in [0.29, 0.717) is 24.4 Å². The molecular weight excluding hydrogens is 322 g/mol. The van der Waals surface area contributed by atoms with E-state index < -0.39 is 16.2 Å². The smallest absolute Gasteiger partial charge is 0.261 e. The summed E-state index contributed by atoms with van der Waals surface area (Å²) < 4.78 is 25.9. The van der Waals surface area contributed by atoms with E-state index in [4.69, 9.17) is 9.66 Å². The van der Waals surface area contributed by atoms with Crippen molar-refractivity contribution >= 4 is 22.5 Å². The molecule has 1 rings (SSSR count). The Morgan fingerprint density at radius 3 is 2.05 bits per heavy atom. The van der Waals surface area contributed by atoms with E-state index in [0.717, 1.165) is 0 Å². The second-order valence-electron chi connectivity index (χ2n) is 4.56. The molecule has 124 valence electrons. The van der Waals surface area contributed by atoms with Crippen LogP contribution < -0.4 is 5.32 Å². The summed E-state index contributed by atoms with van der Waals surface area (Å²) in [6.07, 6.45) is 0.0337. The zero-order valence-electron chi connectivity index (χ0n) is 12.0. The molecule has 0 saturated carbocycles. The topological polar surface area (TPSA) is 127 Å². The third kappa shape index (κ3) is 12.4. The number of rotatable bonds is 4. The Hall–Kier alpha value is -1.06. The fourth-order valence-corrected chi connectivity index (χ4v) is 1.21. The van der Waals surface area contributed by atoms with Crippen LogP contribution in [0, 0.1) is 0 Å². The molecule has 0 aliphatic rings. The average Bonchev–Trinajstić information content (AvgIpc) is 2.27. The Labute approximate surface area is 130 Å². The van der Waals surface area contributed by atoms with Gasteiger partial charge in [0.25, 0.3) is 10.1 Å². The van der Waals surface area contributed by atoms with Gasteiger partial charge in [-0.25, -0.2) is 0 Å². The molecule has 9 heteroatoms. The van der Waals surface area contributed by atoms with Crippen molar-refractivity contribution in [1.29, 1.82) is 0 Å². The summed E-state index contributed by atoms with van der Waals surface area (Å²) in [5, 5.41) is 31.2. The van der Waals surface area contributed by atoms with E-state index in [-0.39, 0.29) is 23.9 Å². The minimum Gasteiger partial charge on any atom is -0.504 e. The molecule has 1 unspecified atom stereocenters. The maximum Gasteiger partial charge on any atom is 0.261 e. The SMILES string of the molecule is CC(C)NCC(O)c1ccc(O)c(O)c1.CS(=O)(=O)O.Cl. The highest BCUT2D eigenvalue weighted by Crippen LogP contribution is 2.27. The highest BCUT2D eigenvalue weighted by atomic mass is 35.5. The van der Waals surface area contributed by atoms with Crippen LogP contribution in [0.4, 0.5) is 0 Å². The number of hydrogen-bond donors (Lipinski definition) is 5. The third-order valence-corrected chi connectivity index (χ3v) is 2.10. The van der Waals surface area contributed by atoms with Crippen molar-refractivity contribution in [2.24, 2.45) is 0 Å². The summed E-state index contributed by atoms with van der Waals surface area (Å²) in [6.45, 7) is 4.39. The van der Waals surface area contributed by atoms with E-state index in [1.54, 1.807) is 6.07 Å². The molecule has 0 aromatic heterocycles. The fourth-order valence-electron chi connectivity index (χ4n) is 1.21. The molecule has 0 aliphatic carbocycles. The number of benzene rings is 1. The first-order chi connectivity index (χ1) is 9.00. The zero-order chi connectivity index (χ0) is 15.9. The molecule has 0 saturated heterocycles. The van der Waals surface area contributed by atoms with Crippen LogP contribution in [0.15, 0.2) is 18.2 Å². The summed E-state index contributed by atoms with van der Waals surface area (Å²) in [6, 6.07) is 4.61. The summed E-state index contributed by atoms with van der Waals surface area (Å²) in [5.41, 5.74) is 0.582. The molecule has 0 bridgehead atoms. The Kier molecular flexibility index (Phi) is 10.4. The van der Waals surface area contributed by atoms with Crippen molar-refractivity contribution in [1.82, 2.24) is 5.32 Å². The molecule has 1 aromatic rings. The van der Waals surface area contributed by atoms with Gasteiger partial charge >= 0.3 is 0 Å². The molecule has 0 spiro atoms. The van der Waals surface area contributed by atoms with Gasteiger partial charge in [-0.3, -0.25) is 4.55 Å². The molecule has 7 nitrogen and oxygen atoms in total. The summed E-state index contributed by atoms with van der Waals surface area (Å²) in [4.78, 5) is 0. The van der Waals surface area contributed by atoms with Gasteiger partial charge in [0.05, 0.1) is 12.4 Å². The first kappa shape index (κ1) is 22.2. The van der Waals surface area contributed by atoms with Crippen LogP contribution in [0.25, 0.3) is 0 Å². The number of aliphatic hydroxyl groups excluding tert-OH is 1. The lowest BCUT2D eigenvalue weighted by Crippen LogP contribution is -2.27. The number of phenols is 2. The third-order valence-electron chi connectivity index (χ3n) is 2.10. The monoisotopic (exact) mass is 343 g/mol. The van der Waals surface area contributed by atoms with Gasteiger partial charge in [-0.15, -0.1) is 12.4 Å². The van der Waals surface area contributed by atoms with Crippen LogP contribution in [0.2, 0.25) is 0 Å². The van der Waals surface area contributed by atoms with Gasteiger partial charge in [-0.05, 0) is 17.7 Å². The number of halogens is 1. The summed E-state index contributed by atoms with van der Waals surface area (Å²) in [5.74, 6) is -0.390. The van der Waals surface area contributed by atoms with E-state index in [2.05, 4.69) is 5.32 Å². The molecule has 0 fully saturated rings. The second-order valence-corrected chi connectivity index (χ2v) is 6.03. The van der Waals surface area contributed by atoms with Crippen LogP contribution in [0.5, 0.6) is 11.5 Å². The Morgan fingerprint density at radius 1 is 1.19 bits per heavy atom. The Balaban J connectivity index is 0. The fraction of sp³-hybridized carbons (Fsp3) is 0.500. The van der Waals surface area contributed by atoms with Crippen LogP contribution in [-0.4, -0.2) is 47.1 Å². The predicted octanol–water partition coefficient (Wildman–Crippen LogP) is 1.05. The van der Waals surface area contributed by atoms with Gasteiger partial charge in [0.2, 0.25) is 0 Å². The zero-order valence-corrected chi connectivity index (χ0v) is 13.6. The largest absolute Gasteiger partial charge is 0.504 e. The predicted molar refractivity (Wildman–Crippen MR) is 82.6 cm³/mol. The van der Waals surface area contributed by atoms with Crippen molar-refractivity contribution in [2.75, 3.05) is 12.8 Å². The van der Waals surface area contributed by atoms with Crippen molar-refractivity contribution in [2.45, 2.75) is 26.0 Å². The van der Waals surface area contributed by atoms with Crippen LogP contribution >= 0.6 is 12.4 Å². The van der Waals surface area contributed by atoms with Gasteiger partial charge in [-0.1, -0.05) is 19.9 Å².